The lowest BCUT2D eigenvalue weighted by molar-refractivity contribution is 0.298. The van der Waals surface area contributed by atoms with Crippen molar-refractivity contribution in [3.63, 3.8) is 0 Å². The van der Waals surface area contributed by atoms with E-state index in [1.165, 1.54) is 16.3 Å². The van der Waals surface area contributed by atoms with Gasteiger partial charge in [0.2, 0.25) is 5.75 Å². The molecule has 0 fully saturated rings. The minimum atomic E-state index is 0. The highest BCUT2D eigenvalue weighted by molar-refractivity contribution is 6.12. The van der Waals surface area contributed by atoms with Gasteiger partial charge in [0.25, 0.3) is 0 Å². The molecule has 0 spiro atoms. The average Bonchev–Trinajstić information content (AvgIpc) is 3.21. The molecule has 4 rings (SSSR count). The van der Waals surface area contributed by atoms with Crippen molar-refractivity contribution in [3.05, 3.63) is 48.2 Å². The number of aryl methyl sites for hydroxylation is 1. The molecule has 1 N–H and O–H groups in total. The van der Waals surface area contributed by atoms with Crippen LogP contribution in [0.5, 0.6) is 17.2 Å². The number of rotatable bonds is 12. The molecule has 0 radical (unpaired) electrons. The molecule has 7 nitrogen and oxygen atoms in total. The summed E-state index contributed by atoms with van der Waals surface area (Å²) in [7, 11) is 6.99. The summed E-state index contributed by atoms with van der Waals surface area (Å²) in [5.41, 5.74) is 5.07. The van der Waals surface area contributed by atoms with E-state index in [0.717, 1.165) is 55.1 Å². The van der Waals surface area contributed by atoms with Gasteiger partial charge in [0.1, 0.15) is 0 Å². The van der Waals surface area contributed by atoms with Crippen molar-refractivity contribution in [3.8, 4) is 28.5 Å². The zero-order valence-electron chi connectivity index (χ0n) is 22.8. The van der Waals surface area contributed by atoms with E-state index in [1.807, 2.05) is 12.1 Å². The molecule has 2 aromatic heterocycles. The normalized spacial score (nSPS) is 11.2. The molecule has 0 unspecified atom stereocenters. The molecule has 8 heteroatoms. The minimum Gasteiger partial charge on any atom is -0.493 e. The molecule has 37 heavy (non-hydrogen) atoms. The van der Waals surface area contributed by atoms with E-state index in [2.05, 4.69) is 66.0 Å². The Hall–Kier alpha value is -3.00. The number of halogens is 1. The zero-order valence-corrected chi connectivity index (χ0v) is 23.6. The van der Waals surface area contributed by atoms with Gasteiger partial charge in [-0.1, -0.05) is 32.0 Å². The van der Waals surface area contributed by atoms with Gasteiger partial charge in [-0.15, -0.1) is 12.4 Å². The molecule has 4 aromatic rings. The summed E-state index contributed by atoms with van der Waals surface area (Å²) >= 11 is 0. The Bertz CT molecular complexity index is 1310. The third-order valence-electron chi connectivity index (χ3n) is 6.90. The number of fused-ring (bicyclic) bond motifs is 3. The molecule has 0 atom stereocenters. The van der Waals surface area contributed by atoms with Crippen molar-refractivity contribution in [2.45, 2.75) is 26.8 Å². The largest absolute Gasteiger partial charge is 0.493 e. The lowest BCUT2D eigenvalue weighted by Crippen LogP contribution is -2.27. The fraction of sp³-hybridized carbons (Fsp3) is 0.414. The Morgan fingerprint density at radius 3 is 2.22 bits per heavy atom. The minimum absolute atomic E-state index is 0. The fourth-order valence-corrected chi connectivity index (χ4v) is 4.94. The highest BCUT2D eigenvalue weighted by atomic mass is 35.5. The van der Waals surface area contributed by atoms with Crippen LogP contribution < -0.4 is 19.5 Å². The van der Waals surface area contributed by atoms with E-state index in [0.29, 0.717) is 23.8 Å². The molecule has 2 heterocycles. The number of para-hydroxylation sites is 1. The van der Waals surface area contributed by atoms with Gasteiger partial charge in [-0.25, -0.2) is 4.98 Å². The SMILES string of the molecule is CCN(CC)CCCNCc1cc2c3ccccc3n(C)c2c(-c2cc(OC)c(OC)c(OC)c2)n1.Cl. The molecule has 0 aliphatic heterocycles. The molecule has 0 bridgehead atoms. The maximum absolute atomic E-state index is 5.65. The second kappa shape index (κ2) is 13.0. The molecule has 200 valence electrons. The lowest BCUT2D eigenvalue weighted by Gasteiger charge is -2.18. The first-order valence-corrected chi connectivity index (χ1v) is 12.7. The van der Waals surface area contributed by atoms with Crippen molar-refractivity contribution in [2.75, 3.05) is 47.5 Å². The third kappa shape index (κ3) is 5.79. The lowest BCUT2D eigenvalue weighted by atomic mass is 10.0. The number of hydrogen-bond acceptors (Lipinski definition) is 6. The Balaban J connectivity index is 0.00000380. The number of hydrogen-bond donors (Lipinski definition) is 1. The van der Waals surface area contributed by atoms with Crippen molar-refractivity contribution < 1.29 is 14.2 Å². The van der Waals surface area contributed by atoms with Crippen LogP contribution >= 0.6 is 12.4 Å². The van der Waals surface area contributed by atoms with E-state index < -0.39 is 0 Å². The predicted octanol–water partition coefficient (Wildman–Crippen LogP) is 5.66. The number of nitrogens with zero attached hydrogens (tertiary/aromatic N) is 3. The highest BCUT2D eigenvalue weighted by Gasteiger charge is 2.20. The van der Waals surface area contributed by atoms with Crippen LogP contribution in [0.15, 0.2) is 42.5 Å². The Morgan fingerprint density at radius 2 is 1.59 bits per heavy atom. The van der Waals surface area contributed by atoms with Crippen LogP contribution in [0.4, 0.5) is 0 Å². The van der Waals surface area contributed by atoms with Crippen molar-refractivity contribution in [1.82, 2.24) is 19.8 Å². The molecule has 0 saturated heterocycles. The van der Waals surface area contributed by atoms with Crippen LogP contribution in [0.2, 0.25) is 0 Å². The highest BCUT2D eigenvalue weighted by Crippen LogP contribution is 2.43. The van der Waals surface area contributed by atoms with Gasteiger partial charge in [0.15, 0.2) is 11.5 Å². The summed E-state index contributed by atoms with van der Waals surface area (Å²) < 4.78 is 19.1. The summed E-state index contributed by atoms with van der Waals surface area (Å²) in [5, 5.41) is 6.00. The number of benzene rings is 2. The van der Waals surface area contributed by atoms with Gasteiger partial charge in [-0.2, -0.15) is 0 Å². The first-order chi connectivity index (χ1) is 17.6. The van der Waals surface area contributed by atoms with Crippen molar-refractivity contribution in [2.24, 2.45) is 7.05 Å². The summed E-state index contributed by atoms with van der Waals surface area (Å²) in [6.07, 6.45) is 1.11. The number of nitrogens with one attached hydrogen (secondary N) is 1. The molecular formula is C29H39ClN4O3. The van der Waals surface area contributed by atoms with Gasteiger partial charge < -0.3 is 29.0 Å². The second-order valence-corrected chi connectivity index (χ2v) is 8.91. The van der Waals surface area contributed by atoms with Gasteiger partial charge in [0, 0.05) is 35.4 Å². The van der Waals surface area contributed by atoms with E-state index in [-0.39, 0.29) is 12.4 Å². The summed E-state index contributed by atoms with van der Waals surface area (Å²) in [4.78, 5) is 7.60. The van der Waals surface area contributed by atoms with Crippen LogP contribution in [0.1, 0.15) is 26.0 Å². The first kappa shape index (κ1) is 28.6. The summed E-state index contributed by atoms with van der Waals surface area (Å²) in [5.74, 6) is 1.80. The van der Waals surface area contributed by atoms with Gasteiger partial charge in [0.05, 0.1) is 38.2 Å². The Kier molecular flexibility index (Phi) is 10.0. The second-order valence-electron chi connectivity index (χ2n) is 8.91. The van der Waals surface area contributed by atoms with E-state index in [1.54, 1.807) is 21.3 Å². The molecule has 0 amide bonds. The molecular weight excluding hydrogens is 488 g/mol. The standard InChI is InChI=1S/C29H38N4O3.ClH/c1-7-33(8-2)15-11-14-30-19-21-18-23-22-12-9-10-13-24(22)32(3)28(23)27(31-21)20-16-25(34-4)29(36-6)26(17-20)35-5;/h9-10,12-13,16-18,30H,7-8,11,14-15,19H2,1-6H3;1H. The van der Waals surface area contributed by atoms with Crippen LogP contribution in [-0.4, -0.2) is 62.0 Å². The predicted molar refractivity (Wildman–Crippen MR) is 155 cm³/mol. The molecule has 2 aromatic carbocycles. The maximum Gasteiger partial charge on any atom is 0.203 e. The van der Waals surface area contributed by atoms with Gasteiger partial charge in [-0.3, -0.25) is 0 Å². The average molecular weight is 527 g/mol. The quantitative estimate of drug-likeness (QED) is 0.240. The van der Waals surface area contributed by atoms with Crippen molar-refractivity contribution >= 4 is 34.2 Å². The summed E-state index contributed by atoms with van der Waals surface area (Å²) in [6, 6.07) is 14.7. The number of methoxy groups -OCH3 is 3. The van der Waals surface area contributed by atoms with Crippen LogP contribution in [0.3, 0.4) is 0 Å². The first-order valence-electron chi connectivity index (χ1n) is 12.7. The van der Waals surface area contributed by atoms with E-state index >= 15 is 0 Å². The maximum atomic E-state index is 5.65. The van der Waals surface area contributed by atoms with E-state index in [9.17, 15) is 0 Å². The zero-order chi connectivity index (χ0) is 25.7. The van der Waals surface area contributed by atoms with Crippen molar-refractivity contribution in [1.29, 1.82) is 0 Å². The van der Waals surface area contributed by atoms with Gasteiger partial charge in [-0.05, 0) is 56.9 Å². The molecule has 0 aliphatic rings. The van der Waals surface area contributed by atoms with Gasteiger partial charge >= 0.3 is 0 Å². The number of aromatic nitrogens is 2. The third-order valence-corrected chi connectivity index (χ3v) is 6.90. The monoisotopic (exact) mass is 526 g/mol. The Morgan fingerprint density at radius 1 is 0.919 bits per heavy atom. The number of pyridine rings is 1. The van der Waals surface area contributed by atoms with Crippen LogP contribution in [-0.2, 0) is 13.6 Å². The Labute approximate surface area is 226 Å². The topological polar surface area (TPSA) is 60.8 Å². The summed E-state index contributed by atoms with van der Waals surface area (Å²) in [6.45, 7) is 9.37. The van der Waals surface area contributed by atoms with Crippen LogP contribution in [0, 0.1) is 0 Å². The molecule has 0 aliphatic carbocycles. The smallest absolute Gasteiger partial charge is 0.203 e. The molecule has 0 saturated carbocycles. The fourth-order valence-electron chi connectivity index (χ4n) is 4.94. The van der Waals surface area contributed by atoms with Crippen LogP contribution in [0.25, 0.3) is 33.1 Å². The number of ether oxygens (including phenoxy) is 3. The van der Waals surface area contributed by atoms with E-state index in [4.69, 9.17) is 19.2 Å².